The molecule has 2 rings (SSSR count). The van der Waals surface area contributed by atoms with Crippen molar-refractivity contribution in [3.8, 4) is 11.5 Å². The predicted molar refractivity (Wildman–Crippen MR) is 132 cm³/mol. The summed E-state index contributed by atoms with van der Waals surface area (Å²) in [5, 5.41) is 2.47. The molecular formula is C23H28BrN3O4S. The topological polar surface area (TPSA) is 88.7 Å². The molecule has 2 aromatic carbocycles. The molecule has 0 saturated heterocycles. The average molecular weight is 522 g/mol. The molecular weight excluding hydrogens is 494 g/mol. The molecule has 9 heteroatoms. The minimum atomic E-state index is -0.465. The maximum atomic E-state index is 12.6. The van der Waals surface area contributed by atoms with Gasteiger partial charge in [0.25, 0.3) is 11.8 Å². The second kappa shape index (κ2) is 12.4. The van der Waals surface area contributed by atoms with Crippen LogP contribution in [0.5, 0.6) is 11.5 Å². The summed E-state index contributed by atoms with van der Waals surface area (Å²) < 4.78 is 12.1. The number of para-hydroxylation sites is 1. The van der Waals surface area contributed by atoms with E-state index in [0.29, 0.717) is 23.0 Å². The van der Waals surface area contributed by atoms with E-state index in [9.17, 15) is 9.59 Å². The Bertz CT molecular complexity index is 968. The first-order valence-electron chi connectivity index (χ1n) is 10.3. The molecule has 0 saturated carbocycles. The summed E-state index contributed by atoms with van der Waals surface area (Å²) in [6, 6.07) is 12.7. The zero-order valence-electron chi connectivity index (χ0n) is 18.5. The number of hydrogen-bond acceptors (Lipinski definition) is 5. The highest BCUT2D eigenvalue weighted by atomic mass is 79.9. The second-order valence-corrected chi connectivity index (χ2v) is 8.72. The van der Waals surface area contributed by atoms with Crippen LogP contribution in [-0.4, -0.2) is 29.6 Å². The van der Waals surface area contributed by atoms with Crippen molar-refractivity contribution in [1.29, 1.82) is 0 Å². The normalized spacial score (nSPS) is 11.4. The lowest BCUT2D eigenvalue weighted by molar-refractivity contribution is -0.123. The van der Waals surface area contributed by atoms with E-state index in [2.05, 4.69) is 45.9 Å². The fourth-order valence-electron chi connectivity index (χ4n) is 2.78. The van der Waals surface area contributed by atoms with Crippen LogP contribution in [-0.2, 0) is 4.79 Å². The van der Waals surface area contributed by atoms with E-state index >= 15 is 0 Å². The molecule has 2 amide bonds. The Labute approximate surface area is 202 Å². The summed E-state index contributed by atoms with van der Waals surface area (Å²) in [4.78, 5) is 24.8. The summed E-state index contributed by atoms with van der Waals surface area (Å²) in [7, 11) is 0. The average Bonchev–Trinajstić information content (AvgIpc) is 2.76. The van der Waals surface area contributed by atoms with Gasteiger partial charge < -0.3 is 9.47 Å². The van der Waals surface area contributed by atoms with Crippen molar-refractivity contribution in [3.05, 3.63) is 58.1 Å². The number of ether oxygens (including phenoxy) is 2. The molecule has 0 bridgehead atoms. The smallest absolute Gasteiger partial charge is 0.276 e. The summed E-state index contributed by atoms with van der Waals surface area (Å²) in [6.45, 7) is 7.74. The third-order valence-corrected chi connectivity index (χ3v) is 5.21. The van der Waals surface area contributed by atoms with Gasteiger partial charge in [-0.15, -0.1) is 0 Å². The minimum Gasteiger partial charge on any atom is -0.490 e. The molecule has 32 heavy (non-hydrogen) atoms. The number of benzene rings is 2. The molecule has 0 aliphatic carbocycles. The molecule has 7 nitrogen and oxygen atoms in total. The first-order valence-corrected chi connectivity index (χ1v) is 11.5. The van der Waals surface area contributed by atoms with Gasteiger partial charge in [-0.25, -0.2) is 0 Å². The number of rotatable bonds is 8. The fourth-order valence-corrected chi connectivity index (χ4v) is 3.29. The summed E-state index contributed by atoms with van der Waals surface area (Å²) in [5.41, 5.74) is 6.29. The number of halogens is 1. The molecule has 2 aromatic rings. The van der Waals surface area contributed by atoms with Gasteiger partial charge in [0.1, 0.15) is 11.5 Å². The first kappa shape index (κ1) is 25.6. The van der Waals surface area contributed by atoms with E-state index in [1.165, 1.54) is 0 Å². The molecule has 0 fully saturated rings. The standard InChI is InChI=1S/C23H28BrN3O4S/c1-5-15(4)17-8-6-7-9-19(17)30-13-21(28)26-27-23(32)25-22(29)18-12-16(24)10-11-20(18)31-14(2)3/h6-12,14-15H,5,13H2,1-4H3,(H,26,28)(H2,25,27,29,32). The van der Waals surface area contributed by atoms with Crippen LogP contribution in [0.3, 0.4) is 0 Å². The quantitative estimate of drug-likeness (QED) is 0.351. The van der Waals surface area contributed by atoms with Crippen molar-refractivity contribution < 1.29 is 19.1 Å². The van der Waals surface area contributed by atoms with Crippen molar-refractivity contribution >= 4 is 45.1 Å². The number of carbonyl (C=O) groups is 2. The molecule has 0 spiro atoms. The number of hydrazine groups is 1. The third-order valence-electron chi connectivity index (χ3n) is 4.51. The molecule has 1 unspecified atom stereocenters. The van der Waals surface area contributed by atoms with E-state index < -0.39 is 11.8 Å². The molecule has 0 heterocycles. The Morgan fingerprint density at radius 3 is 2.47 bits per heavy atom. The van der Waals surface area contributed by atoms with Crippen LogP contribution in [0.1, 0.15) is 56.0 Å². The number of amides is 2. The highest BCUT2D eigenvalue weighted by Crippen LogP contribution is 2.28. The second-order valence-electron chi connectivity index (χ2n) is 7.40. The summed E-state index contributed by atoms with van der Waals surface area (Å²) >= 11 is 8.46. The Hall–Kier alpha value is -2.65. The summed E-state index contributed by atoms with van der Waals surface area (Å²) in [6.07, 6.45) is 0.863. The van der Waals surface area contributed by atoms with Gasteiger partial charge in [0.2, 0.25) is 0 Å². The predicted octanol–water partition coefficient (Wildman–Crippen LogP) is 4.46. The van der Waals surface area contributed by atoms with E-state index in [1.807, 2.05) is 38.1 Å². The van der Waals surface area contributed by atoms with Crippen LogP contribution in [0, 0.1) is 0 Å². The van der Waals surface area contributed by atoms with Gasteiger partial charge >= 0.3 is 0 Å². The van der Waals surface area contributed by atoms with Crippen LogP contribution in [0.15, 0.2) is 46.9 Å². The maximum Gasteiger partial charge on any atom is 0.276 e. The third kappa shape index (κ3) is 7.80. The molecule has 0 aromatic heterocycles. The van der Waals surface area contributed by atoms with Crippen molar-refractivity contribution in [1.82, 2.24) is 16.2 Å². The van der Waals surface area contributed by atoms with Crippen LogP contribution in [0.4, 0.5) is 0 Å². The molecule has 172 valence electrons. The zero-order valence-corrected chi connectivity index (χ0v) is 20.9. The van der Waals surface area contributed by atoms with E-state index in [-0.39, 0.29) is 17.8 Å². The first-order chi connectivity index (χ1) is 15.2. The van der Waals surface area contributed by atoms with Gasteiger partial charge in [0.05, 0.1) is 11.7 Å². The molecule has 1 atom stereocenters. The lowest BCUT2D eigenvalue weighted by atomic mass is 9.98. The highest BCUT2D eigenvalue weighted by molar-refractivity contribution is 9.10. The Balaban J connectivity index is 1.88. The SMILES string of the molecule is CCC(C)c1ccccc1OCC(=O)NNC(=S)NC(=O)c1cc(Br)ccc1OC(C)C. The van der Waals surface area contributed by atoms with Crippen LogP contribution < -0.4 is 25.6 Å². The van der Waals surface area contributed by atoms with E-state index in [4.69, 9.17) is 21.7 Å². The number of hydrogen-bond donors (Lipinski definition) is 3. The van der Waals surface area contributed by atoms with E-state index in [0.717, 1.165) is 16.5 Å². The van der Waals surface area contributed by atoms with E-state index in [1.54, 1.807) is 18.2 Å². The summed E-state index contributed by atoms with van der Waals surface area (Å²) in [5.74, 6) is 0.512. The van der Waals surface area contributed by atoms with Crippen LogP contribution in [0.2, 0.25) is 0 Å². The number of nitrogens with one attached hydrogen (secondary N) is 3. The molecule has 0 aliphatic rings. The zero-order chi connectivity index (χ0) is 23.7. The molecule has 3 N–H and O–H groups in total. The van der Waals surface area contributed by atoms with Crippen molar-refractivity contribution in [2.75, 3.05) is 6.61 Å². The van der Waals surface area contributed by atoms with Crippen molar-refractivity contribution in [2.45, 2.75) is 46.1 Å². The number of thiocarbonyl (C=S) groups is 1. The monoisotopic (exact) mass is 521 g/mol. The Morgan fingerprint density at radius 2 is 1.78 bits per heavy atom. The fraction of sp³-hybridized carbons (Fsp3) is 0.348. The van der Waals surface area contributed by atoms with Gasteiger partial charge in [-0.3, -0.25) is 25.8 Å². The highest BCUT2D eigenvalue weighted by Gasteiger charge is 2.16. The molecule has 0 aliphatic heterocycles. The van der Waals surface area contributed by atoms with Gasteiger partial charge in [-0.05, 0) is 68.2 Å². The van der Waals surface area contributed by atoms with Crippen LogP contribution in [0.25, 0.3) is 0 Å². The largest absolute Gasteiger partial charge is 0.490 e. The van der Waals surface area contributed by atoms with Gasteiger partial charge in [0, 0.05) is 4.47 Å². The van der Waals surface area contributed by atoms with Gasteiger partial charge in [-0.1, -0.05) is 48.0 Å². The minimum absolute atomic E-state index is 0.0566. The van der Waals surface area contributed by atoms with Crippen molar-refractivity contribution in [2.24, 2.45) is 0 Å². The van der Waals surface area contributed by atoms with Crippen LogP contribution >= 0.6 is 28.1 Å². The number of carbonyl (C=O) groups excluding carboxylic acids is 2. The van der Waals surface area contributed by atoms with Gasteiger partial charge in [-0.2, -0.15) is 0 Å². The molecule has 0 radical (unpaired) electrons. The Kier molecular flexibility index (Phi) is 9.93. The lowest BCUT2D eigenvalue weighted by Gasteiger charge is -2.16. The Morgan fingerprint density at radius 1 is 1.06 bits per heavy atom. The lowest BCUT2D eigenvalue weighted by Crippen LogP contribution is -2.49. The van der Waals surface area contributed by atoms with Gasteiger partial charge in [0.15, 0.2) is 11.7 Å². The maximum absolute atomic E-state index is 12.6. The van der Waals surface area contributed by atoms with Crippen molar-refractivity contribution in [3.63, 3.8) is 0 Å².